The van der Waals surface area contributed by atoms with Crippen LogP contribution in [0.2, 0.25) is 0 Å². The van der Waals surface area contributed by atoms with Crippen molar-refractivity contribution in [2.24, 2.45) is 0 Å². The third-order valence-corrected chi connectivity index (χ3v) is 2.01. The molecular weight excluding hydrogens is 127 g/mol. The summed E-state index contributed by atoms with van der Waals surface area (Å²) in [5.74, 6) is 0.0174. The van der Waals surface area contributed by atoms with Gasteiger partial charge in [0.1, 0.15) is 0 Å². The van der Waals surface area contributed by atoms with Gasteiger partial charge in [-0.05, 0) is 38.7 Å². The second-order valence-corrected chi connectivity index (χ2v) is 2.89. The molecular formula is C9H13F. The van der Waals surface area contributed by atoms with E-state index in [1.165, 1.54) is 5.57 Å². The summed E-state index contributed by atoms with van der Waals surface area (Å²) < 4.78 is 12.6. The normalized spacial score (nSPS) is 24.1. The Hall–Kier alpha value is -0.590. The molecule has 0 aromatic heterocycles. The fraction of sp³-hybridized carbons (Fsp3) is 0.556. The van der Waals surface area contributed by atoms with Crippen molar-refractivity contribution in [3.8, 4) is 0 Å². The molecule has 0 amide bonds. The lowest BCUT2D eigenvalue weighted by Gasteiger charge is -2.11. The van der Waals surface area contributed by atoms with Gasteiger partial charge < -0.3 is 0 Å². The molecule has 1 aliphatic rings. The molecule has 0 fully saturated rings. The Balaban J connectivity index is 2.67. The molecule has 0 saturated heterocycles. The van der Waals surface area contributed by atoms with Gasteiger partial charge >= 0.3 is 0 Å². The van der Waals surface area contributed by atoms with E-state index in [0.717, 1.165) is 24.8 Å². The van der Waals surface area contributed by atoms with Gasteiger partial charge in [0.2, 0.25) is 0 Å². The number of hydrogen-bond donors (Lipinski definition) is 0. The van der Waals surface area contributed by atoms with Crippen LogP contribution in [0.5, 0.6) is 0 Å². The molecule has 0 unspecified atom stereocenters. The highest BCUT2D eigenvalue weighted by atomic mass is 19.1. The third kappa shape index (κ3) is 1.69. The van der Waals surface area contributed by atoms with Crippen LogP contribution in [0.3, 0.4) is 0 Å². The maximum absolute atomic E-state index is 12.6. The molecule has 0 bridgehead atoms. The van der Waals surface area contributed by atoms with Gasteiger partial charge in [-0.25, -0.2) is 4.39 Å². The Morgan fingerprint density at radius 1 is 1.50 bits per heavy atom. The maximum Gasteiger partial charge on any atom is 0.0963 e. The molecule has 0 radical (unpaired) electrons. The molecule has 1 rings (SSSR count). The Morgan fingerprint density at radius 3 is 2.60 bits per heavy atom. The summed E-state index contributed by atoms with van der Waals surface area (Å²) >= 11 is 0. The molecule has 56 valence electrons. The van der Waals surface area contributed by atoms with E-state index in [-0.39, 0.29) is 5.83 Å². The number of rotatable bonds is 0. The quantitative estimate of drug-likeness (QED) is 0.452. The van der Waals surface area contributed by atoms with E-state index in [9.17, 15) is 4.39 Å². The molecule has 0 aromatic rings. The van der Waals surface area contributed by atoms with Gasteiger partial charge in [-0.2, -0.15) is 0 Å². The Morgan fingerprint density at radius 2 is 2.20 bits per heavy atom. The van der Waals surface area contributed by atoms with E-state index in [1.807, 2.05) is 0 Å². The topological polar surface area (TPSA) is 0 Å². The molecule has 1 heteroatoms. The summed E-state index contributed by atoms with van der Waals surface area (Å²) in [5, 5.41) is 0. The first kappa shape index (κ1) is 7.52. The van der Waals surface area contributed by atoms with Crippen LogP contribution >= 0.6 is 0 Å². The minimum atomic E-state index is 0.0174. The fourth-order valence-corrected chi connectivity index (χ4v) is 1.16. The average Bonchev–Trinajstić information content (AvgIpc) is 1.88. The molecule has 1 aliphatic carbocycles. The van der Waals surface area contributed by atoms with Crippen molar-refractivity contribution in [3.63, 3.8) is 0 Å². The summed E-state index contributed by atoms with van der Waals surface area (Å²) in [5.41, 5.74) is 2.37. The first-order chi connectivity index (χ1) is 4.70. The zero-order valence-corrected chi connectivity index (χ0v) is 6.58. The molecule has 0 saturated carbocycles. The highest BCUT2D eigenvalue weighted by Gasteiger charge is 2.06. The van der Waals surface area contributed by atoms with Crippen molar-refractivity contribution >= 4 is 0 Å². The minimum absolute atomic E-state index is 0.0174. The second-order valence-electron chi connectivity index (χ2n) is 2.89. The van der Waals surface area contributed by atoms with E-state index in [0.29, 0.717) is 0 Å². The average molecular weight is 140 g/mol. The highest BCUT2D eigenvalue weighted by Crippen LogP contribution is 2.25. The largest absolute Gasteiger partial charge is 0.212 e. The molecule has 0 spiro atoms. The Labute approximate surface area is 61.4 Å². The van der Waals surface area contributed by atoms with Crippen LogP contribution in [0.4, 0.5) is 4.39 Å². The lowest BCUT2D eigenvalue weighted by molar-refractivity contribution is 0.609. The van der Waals surface area contributed by atoms with Gasteiger partial charge in [0.15, 0.2) is 0 Å². The van der Waals surface area contributed by atoms with Gasteiger partial charge in [-0.3, -0.25) is 0 Å². The van der Waals surface area contributed by atoms with Crippen molar-refractivity contribution in [2.45, 2.75) is 33.1 Å². The number of allylic oxidation sites excluding steroid dienone is 4. The van der Waals surface area contributed by atoms with Crippen LogP contribution in [-0.4, -0.2) is 0 Å². The summed E-state index contributed by atoms with van der Waals surface area (Å²) in [6, 6.07) is 0. The maximum atomic E-state index is 12.6. The summed E-state index contributed by atoms with van der Waals surface area (Å²) in [6.07, 6.45) is 4.90. The van der Waals surface area contributed by atoms with Crippen LogP contribution in [-0.2, 0) is 0 Å². The van der Waals surface area contributed by atoms with Gasteiger partial charge in [0, 0.05) is 0 Å². The van der Waals surface area contributed by atoms with Crippen molar-refractivity contribution in [3.05, 3.63) is 23.0 Å². The third-order valence-electron chi connectivity index (χ3n) is 2.01. The monoisotopic (exact) mass is 140 g/mol. The van der Waals surface area contributed by atoms with Gasteiger partial charge in [-0.15, -0.1) is 0 Å². The van der Waals surface area contributed by atoms with E-state index in [2.05, 4.69) is 13.0 Å². The Kier molecular flexibility index (Phi) is 2.25. The first-order valence-corrected chi connectivity index (χ1v) is 3.70. The van der Waals surface area contributed by atoms with Crippen LogP contribution in [0.1, 0.15) is 33.1 Å². The van der Waals surface area contributed by atoms with Crippen LogP contribution in [0.15, 0.2) is 23.0 Å². The SMILES string of the molecule is CC1=CC/C(=C(\C)F)CC1. The van der Waals surface area contributed by atoms with Crippen molar-refractivity contribution in [1.82, 2.24) is 0 Å². The van der Waals surface area contributed by atoms with Gasteiger partial charge in [-0.1, -0.05) is 11.6 Å². The second kappa shape index (κ2) is 3.00. The van der Waals surface area contributed by atoms with Crippen molar-refractivity contribution in [1.29, 1.82) is 0 Å². The van der Waals surface area contributed by atoms with E-state index in [1.54, 1.807) is 6.92 Å². The molecule has 0 N–H and O–H groups in total. The number of halogens is 1. The van der Waals surface area contributed by atoms with E-state index in [4.69, 9.17) is 0 Å². The van der Waals surface area contributed by atoms with Crippen molar-refractivity contribution < 1.29 is 4.39 Å². The molecule has 10 heavy (non-hydrogen) atoms. The lowest BCUT2D eigenvalue weighted by atomic mass is 9.95. The highest BCUT2D eigenvalue weighted by molar-refractivity contribution is 5.19. The first-order valence-electron chi connectivity index (χ1n) is 3.70. The van der Waals surface area contributed by atoms with Gasteiger partial charge in [0.05, 0.1) is 5.83 Å². The standard InChI is InChI=1S/C9H13F/c1-7-3-5-9(6-4-7)8(2)10/h3H,4-6H2,1-2H3/b9-8-. The minimum Gasteiger partial charge on any atom is -0.212 e. The van der Waals surface area contributed by atoms with Crippen molar-refractivity contribution in [2.75, 3.05) is 0 Å². The molecule has 0 nitrogen and oxygen atoms in total. The summed E-state index contributed by atoms with van der Waals surface area (Å²) in [4.78, 5) is 0. The smallest absolute Gasteiger partial charge is 0.0963 e. The van der Waals surface area contributed by atoms with E-state index < -0.39 is 0 Å². The van der Waals surface area contributed by atoms with Gasteiger partial charge in [0.25, 0.3) is 0 Å². The lowest BCUT2D eigenvalue weighted by Crippen LogP contribution is -1.93. The summed E-state index contributed by atoms with van der Waals surface area (Å²) in [6.45, 7) is 3.65. The Bertz CT molecular complexity index is 183. The zero-order valence-electron chi connectivity index (χ0n) is 6.58. The van der Waals surface area contributed by atoms with Crippen LogP contribution in [0.25, 0.3) is 0 Å². The fourth-order valence-electron chi connectivity index (χ4n) is 1.16. The predicted molar refractivity (Wildman–Crippen MR) is 41.4 cm³/mol. The molecule has 0 aromatic carbocycles. The van der Waals surface area contributed by atoms with Crippen LogP contribution in [0, 0.1) is 0 Å². The predicted octanol–water partition coefficient (Wildman–Crippen LogP) is 3.36. The molecule has 0 atom stereocenters. The molecule has 0 heterocycles. The number of hydrogen-bond acceptors (Lipinski definition) is 0. The molecule has 0 aliphatic heterocycles. The zero-order chi connectivity index (χ0) is 7.56. The van der Waals surface area contributed by atoms with E-state index >= 15 is 0 Å². The summed E-state index contributed by atoms with van der Waals surface area (Å²) in [7, 11) is 0. The van der Waals surface area contributed by atoms with Crippen LogP contribution < -0.4 is 0 Å².